The predicted octanol–water partition coefficient (Wildman–Crippen LogP) is 4.66. The van der Waals surface area contributed by atoms with Gasteiger partial charge in [0.05, 0.1) is 0 Å². The fraction of sp³-hybridized carbons (Fsp3) is 0.471. The Labute approximate surface area is 129 Å². The largest absolute Gasteiger partial charge is 0.451 e. The van der Waals surface area contributed by atoms with E-state index in [4.69, 9.17) is 16.0 Å². The third-order valence-electron chi connectivity index (χ3n) is 3.90. The number of fused-ring (bicyclic) bond motifs is 1. The van der Waals surface area contributed by atoms with Gasteiger partial charge < -0.3 is 9.32 Å². The lowest BCUT2D eigenvalue weighted by Crippen LogP contribution is -2.36. The maximum atomic E-state index is 12.8. The summed E-state index contributed by atoms with van der Waals surface area (Å²) in [5.41, 5.74) is 1.60. The zero-order valence-electron chi connectivity index (χ0n) is 12.6. The topological polar surface area (TPSA) is 33.5 Å². The molecule has 4 heteroatoms. The number of rotatable bonds is 4. The van der Waals surface area contributed by atoms with Crippen molar-refractivity contribution in [2.45, 2.75) is 39.7 Å². The molecule has 1 aromatic carbocycles. The van der Waals surface area contributed by atoms with Gasteiger partial charge in [-0.05, 0) is 43.9 Å². The van der Waals surface area contributed by atoms with Crippen LogP contribution in [0.3, 0.4) is 0 Å². The van der Waals surface area contributed by atoms with Gasteiger partial charge in [0.25, 0.3) is 5.91 Å². The molecule has 0 N–H and O–H groups in total. The SMILES string of the molecule is Cc1c(C(=O)N(CC(C)C)C2CC2)oc2ccc(Cl)cc12. The molecule has 1 saturated carbocycles. The van der Waals surface area contributed by atoms with Gasteiger partial charge in [-0.25, -0.2) is 0 Å². The highest BCUT2D eigenvalue weighted by Crippen LogP contribution is 2.33. The smallest absolute Gasteiger partial charge is 0.290 e. The minimum absolute atomic E-state index is 0.0102. The van der Waals surface area contributed by atoms with Crippen molar-refractivity contribution in [1.29, 1.82) is 0 Å². The van der Waals surface area contributed by atoms with Gasteiger partial charge in [0.2, 0.25) is 0 Å². The normalized spacial score (nSPS) is 14.9. The van der Waals surface area contributed by atoms with E-state index in [2.05, 4.69) is 13.8 Å². The molecule has 3 nitrogen and oxygen atoms in total. The van der Waals surface area contributed by atoms with Gasteiger partial charge in [0.15, 0.2) is 5.76 Å². The number of nitrogens with zero attached hydrogens (tertiary/aromatic N) is 1. The molecule has 0 unspecified atom stereocenters. The van der Waals surface area contributed by atoms with Gasteiger partial charge in [-0.3, -0.25) is 4.79 Å². The van der Waals surface area contributed by atoms with Crippen molar-refractivity contribution in [3.05, 3.63) is 34.5 Å². The Bertz CT molecular complexity index is 685. The summed E-state index contributed by atoms with van der Waals surface area (Å²) >= 11 is 6.03. The molecule has 1 heterocycles. The van der Waals surface area contributed by atoms with Crippen LogP contribution in [0.25, 0.3) is 11.0 Å². The number of benzene rings is 1. The number of amides is 1. The maximum Gasteiger partial charge on any atom is 0.290 e. The van der Waals surface area contributed by atoms with E-state index in [1.54, 1.807) is 6.07 Å². The molecule has 0 spiro atoms. The van der Waals surface area contributed by atoms with Crippen LogP contribution in [0.5, 0.6) is 0 Å². The van der Waals surface area contributed by atoms with E-state index < -0.39 is 0 Å². The monoisotopic (exact) mass is 305 g/mol. The summed E-state index contributed by atoms with van der Waals surface area (Å²) in [6.45, 7) is 6.97. The standard InChI is InChI=1S/C17H20ClNO2/c1-10(2)9-19(13-5-6-13)17(20)16-11(3)14-8-12(18)4-7-15(14)21-16/h4,7-8,10,13H,5-6,9H2,1-3H3. The maximum absolute atomic E-state index is 12.8. The molecular formula is C17H20ClNO2. The van der Waals surface area contributed by atoms with Crippen molar-refractivity contribution >= 4 is 28.5 Å². The number of hydrogen-bond donors (Lipinski definition) is 0. The number of carbonyl (C=O) groups excluding carboxylic acids is 1. The van der Waals surface area contributed by atoms with Gasteiger partial charge in [-0.15, -0.1) is 0 Å². The average molecular weight is 306 g/mol. The second kappa shape index (κ2) is 5.38. The van der Waals surface area contributed by atoms with Crippen LogP contribution in [0.2, 0.25) is 5.02 Å². The Morgan fingerprint density at radius 1 is 1.43 bits per heavy atom. The van der Waals surface area contributed by atoms with Gasteiger partial charge in [0.1, 0.15) is 5.58 Å². The average Bonchev–Trinajstić information content (AvgIpc) is 3.21. The van der Waals surface area contributed by atoms with Crippen LogP contribution in [0.15, 0.2) is 22.6 Å². The molecule has 1 aliphatic carbocycles. The third-order valence-corrected chi connectivity index (χ3v) is 4.14. The van der Waals surface area contributed by atoms with E-state index in [1.807, 2.05) is 24.0 Å². The summed E-state index contributed by atoms with van der Waals surface area (Å²) in [5.74, 6) is 0.921. The quantitative estimate of drug-likeness (QED) is 0.823. The number of hydrogen-bond acceptors (Lipinski definition) is 2. The summed E-state index contributed by atoms with van der Waals surface area (Å²) in [6.07, 6.45) is 2.20. The first-order valence-electron chi connectivity index (χ1n) is 7.47. The Morgan fingerprint density at radius 3 is 2.76 bits per heavy atom. The first-order valence-corrected chi connectivity index (χ1v) is 7.84. The fourth-order valence-corrected chi connectivity index (χ4v) is 2.88. The molecule has 2 aromatic rings. The van der Waals surface area contributed by atoms with Crippen LogP contribution in [-0.2, 0) is 0 Å². The highest BCUT2D eigenvalue weighted by Gasteiger charge is 2.35. The Balaban J connectivity index is 1.98. The molecule has 0 aliphatic heterocycles. The molecule has 1 amide bonds. The van der Waals surface area contributed by atoms with Crippen LogP contribution in [0.4, 0.5) is 0 Å². The molecule has 112 valence electrons. The van der Waals surface area contributed by atoms with E-state index in [9.17, 15) is 4.79 Å². The Morgan fingerprint density at radius 2 is 2.14 bits per heavy atom. The van der Waals surface area contributed by atoms with Crippen molar-refractivity contribution in [1.82, 2.24) is 4.90 Å². The van der Waals surface area contributed by atoms with Gasteiger partial charge >= 0.3 is 0 Å². The van der Waals surface area contributed by atoms with Crippen LogP contribution >= 0.6 is 11.6 Å². The van der Waals surface area contributed by atoms with E-state index in [0.29, 0.717) is 22.7 Å². The van der Waals surface area contributed by atoms with Gasteiger partial charge in [-0.2, -0.15) is 0 Å². The molecule has 1 aromatic heterocycles. The zero-order chi connectivity index (χ0) is 15.1. The lowest BCUT2D eigenvalue weighted by atomic mass is 10.1. The van der Waals surface area contributed by atoms with Crippen molar-refractivity contribution in [2.24, 2.45) is 5.92 Å². The van der Waals surface area contributed by atoms with E-state index in [0.717, 1.165) is 35.9 Å². The molecule has 0 radical (unpaired) electrons. The third kappa shape index (κ3) is 2.80. The van der Waals surface area contributed by atoms with Crippen molar-refractivity contribution in [3.63, 3.8) is 0 Å². The molecule has 1 fully saturated rings. The van der Waals surface area contributed by atoms with Crippen LogP contribution < -0.4 is 0 Å². The van der Waals surface area contributed by atoms with Crippen molar-refractivity contribution < 1.29 is 9.21 Å². The zero-order valence-corrected chi connectivity index (χ0v) is 13.4. The fourth-order valence-electron chi connectivity index (χ4n) is 2.70. The van der Waals surface area contributed by atoms with Crippen molar-refractivity contribution in [2.75, 3.05) is 6.54 Å². The minimum Gasteiger partial charge on any atom is -0.451 e. The second-order valence-corrected chi connectivity index (χ2v) is 6.72. The minimum atomic E-state index is 0.0102. The number of aryl methyl sites for hydroxylation is 1. The Hall–Kier alpha value is -1.48. The molecule has 0 saturated heterocycles. The summed E-state index contributed by atoms with van der Waals surface area (Å²) in [6, 6.07) is 5.85. The van der Waals surface area contributed by atoms with E-state index in [-0.39, 0.29) is 5.91 Å². The van der Waals surface area contributed by atoms with Crippen LogP contribution in [-0.4, -0.2) is 23.4 Å². The molecule has 0 bridgehead atoms. The summed E-state index contributed by atoms with van der Waals surface area (Å²) in [4.78, 5) is 14.8. The summed E-state index contributed by atoms with van der Waals surface area (Å²) in [5, 5.41) is 1.58. The van der Waals surface area contributed by atoms with E-state index >= 15 is 0 Å². The van der Waals surface area contributed by atoms with Crippen LogP contribution in [0.1, 0.15) is 42.8 Å². The highest BCUT2D eigenvalue weighted by atomic mass is 35.5. The van der Waals surface area contributed by atoms with E-state index in [1.165, 1.54) is 0 Å². The molecule has 1 aliphatic rings. The summed E-state index contributed by atoms with van der Waals surface area (Å²) in [7, 11) is 0. The van der Waals surface area contributed by atoms with Gasteiger partial charge in [-0.1, -0.05) is 25.4 Å². The molecular weight excluding hydrogens is 286 g/mol. The summed E-state index contributed by atoms with van der Waals surface area (Å²) < 4.78 is 5.81. The lowest BCUT2D eigenvalue weighted by Gasteiger charge is -2.23. The highest BCUT2D eigenvalue weighted by molar-refractivity contribution is 6.31. The first kappa shape index (κ1) is 14.5. The first-order chi connectivity index (χ1) is 9.97. The predicted molar refractivity (Wildman–Crippen MR) is 84.9 cm³/mol. The molecule has 21 heavy (non-hydrogen) atoms. The molecule has 0 atom stereocenters. The molecule has 3 rings (SSSR count). The van der Waals surface area contributed by atoms with Crippen LogP contribution in [0, 0.1) is 12.8 Å². The number of furan rings is 1. The van der Waals surface area contributed by atoms with Crippen molar-refractivity contribution in [3.8, 4) is 0 Å². The van der Waals surface area contributed by atoms with Gasteiger partial charge in [0, 0.05) is 28.6 Å². The number of halogens is 1. The lowest BCUT2D eigenvalue weighted by molar-refractivity contribution is 0.0691. The Kier molecular flexibility index (Phi) is 3.70. The second-order valence-electron chi connectivity index (χ2n) is 6.28. The number of carbonyl (C=O) groups is 1.